The van der Waals surface area contributed by atoms with Gasteiger partial charge in [0.1, 0.15) is 0 Å². The molecular formula is C21H19FN6O4. The van der Waals surface area contributed by atoms with E-state index in [1.165, 1.54) is 28.8 Å². The second-order valence-electron chi connectivity index (χ2n) is 7.83. The number of aromatic nitrogens is 5. The molecule has 10 nitrogen and oxygen atoms in total. The molecule has 0 saturated heterocycles. The molecule has 3 aromatic heterocycles. The van der Waals surface area contributed by atoms with Crippen LogP contribution in [0.4, 0.5) is 14.9 Å². The number of rotatable bonds is 4. The van der Waals surface area contributed by atoms with Crippen molar-refractivity contribution < 1.29 is 13.9 Å². The lowest BCUT2D eigenvalue weighted by atomic mass is 10.4. The number of imidazole rings is 1. The van der Waals surface area contributed by atoms with E-state index >= 15 is 0 Å². The maximum Gasteiger partial charge on any atom is 0.415 e. The summed E-state index contributed by atoms with van der Waals surface area (Å²) in [6.07, 6.45) is 3.91. The Bertz CT molecular complexity index is 1390. The Balaban J connectivity index is 1.34. The molecule has 11 heteroatoms. The van der Waals surface area contributed by atoms with Crippen LogP contribution in [0.3, 0.4) is 0 Å². The number of anilines is 1. The van der Waals surface area contributed by atoms with Crippen LogP contribution in [0.1, 0.15) is 43.6 Å². The Morgan fingerprint density at radius 3 is 2.62 bits per heavy atom. The average molecular weight is 438 g/mol. The summed E-state index contributed by atoms with van der Waals surface area (Å²) < 4.78 is 20.9. The Labute approximate surface area is 180 Å². The molecule has 2 saturated carbocycles. The summed E-state index contributed by atoms with van der Waals surface area (Å²) in [5.74, 6) is 4.97. The molecule has 0 unspecified atom stereocenters. The molecule has 32 heavy (non-hydrogen) atoms. The SMILES string of the molecule is CN(C(=O)OCC#Cc1nc2c([nH]1)c(=O)n(C1CC1)c(=O)n2C1CC1)c1ccc(F)nc1. The van der Waals surface area contributed by atoms with Gasteiger partial charge in [-0.3, -0.25) is 18.8 Å². The number of halogens is 1. The van der Waals surface area contributed by atoms with Crippen molar-refractivity contribution in [2.24, 2.45) is 0 Å². The van der Waals surface area contributed by atoms with Crippen molar-refractivity contribution in [3.63, 3.8) is 0 Å². The number of H-pyrrole nitrogens is 1. The smallest absolute Gasteiger partial charge is 0.415 e. The van der Waals surface area contributed by atoms with Crippen LogP contribution in [0.2, 0.25) is 0 Å². The van der Waals surface area contributed by atoms with Gasteiger partial charge >= 0.3 is 11.8 Å². The van der Waals surface area contributed by atoms with Gasteiger partial charge in [-0.1, -0.05) is 5.92 Å². The van der Waals surface area contributed by atoms with Crippen molar-refractivity contribution >= 4 is 22.9 Å². The van der Waals surface area contributed by atoms with Gasteiger partial charge in [0, 0.05) is 19.1 Å². The predicted molar refractivity (Wildman–Crippen MR) is 112 cm³/mol. The first-order valence-corrected chi connectivity index (χ1v) is 10.2. The third kappa shape index (κ3) is 3.64. The van der Waals surface area contributed by atoms with Crippen LogP contribution in [0, 0.1) is 17.8 Å². The molecule has 0 aromatic carbocycles. The van der Waals surface area contributed by atoms with E-state index in [9.17, 15) is 18.8 Å². The number of nitrogens with one attached hydrogen (secondary N) is 1. The highest BCUT2D eigenvalue weighted by Crippen LogP contribution is 2.36. The first-order valence-electron chi connectivity index (χ1n) is 10.2. The maximum absolute atomic E-state index is 12.9. The highest BCUT2D eigenvalue weighted by Gasteiger charge is 2.34. The number of carbonyl (C=O) groups excluding carboxylic acids is 1. The van der Waals surface area contributed by atoms with Gasteiger partial charge < -0.3 is 9.72 Å². The molecule has 0 spiro atoms. The molecule has 3 aromatic rings. The Morgan fingerprint density at radius 2 is 1.97 bits per heavy atom. The zero-order valence-electron chi connectivity index (χ0n) is 17.2. The van der Waals surface area contributed by atoms with Crippen molar-refractivity contribution in [1.29, 1.82) is 0 Å². The summed E-state index contributed by atoms with van der Waals surface area (Å²) in [7, 11) is 1.46. The van der Waals surface area contributed by atoms with Gasteiger partial charge in [0.2, 0.25) is 5.95 Å². The van der Waals surface area contributed by atoms with Gasteiger partial charge in [0.05, 0.1) is 11.9 Å². The minimum absolute atomic E-state index is 0.0463. The van der Waals surface area contributed by atoms with E-state index in [2.05, 4.69) is 26.8 Å². The first-order chi connectivity index (χ1) is 15.4. The van der Waals surface area contributed by atoms with Gasteiger partial charge in [-0.15, -0.1) is 0 Å². The average Bonchev–Trinajstić information content (AvgIpc) is 3.70. The number of ether oxygens (including phenoxy) is 1. The van der Waals surface area contributed by atoms with Crippen LogP contribution >= 0.6 is 0 Å². The van der Waals surface area contributed by atoms with Gasteiger partial charge in [-0.25, -0.2) is 19.6 Å². The number of amides is 1. The number of aromatic amines is 1. The molecule has 5 rings (SSSR count). The number of nitrogens with zero attached hydrogens (tertiary/aromatic N) is 5. The van der Waals surface area contributed by atoms with E-state index in [0.29, 0.717) is 11.3 Å². The van der Waals surface area contributed by atoms with Crippen molar-refractivity contribution in [2.45, 2.75) is 37.8 Å². The van der Waals surface area contributed by atoms with Crippen LogP contribution in [-0.4, -0.2) is 43.8 Å². The van der Waals surface area contributed by atoms with Gasteiger partial charge in [0.15, 0.2) is 23.6 Å². The zero-order chi connectivity index (χ0) is 22.4. The number of carbonyl (C=O) groups is 1. The lowest BCUT2D eigenvalue weighted by molar-refractivity contribution is 0.169. The molecule has 0 radical (unpaired) electrons. The van der Waals surface area contributed by atoms with Gasteiger partial charge in [-0.05, 0) is 43.7 Å². The highest BCUT2D eigenvalue weighted by atomic mass is 19.1. The molecule has 0 aliphatic heterocycles. The van der Waals surface area contributed by atoms with E-state index in [1.807, 2.05) is 0 Å². The molecule has 164 valence electrons. The van der Waals surface area contributed by atoms with E-state index in [1.54, 1.807) is 4.57 Å². The van der Waals surface area contributed by atoms with Gasteiger partial charge in [-0.2, -0.15) is 4.39 Å². The first kappa shape index (κ1) is 20.0. The normalized spacial score (nSPS) is 15.3. The summed E-state index contributed by atoms with van der Waals surface area (Å²) in [6, 6.07) is 2.54. The quantitative estimate of drug-likeness (QED) is 0.490. The zero-order valence-corrected chi connectivity index (χ0v) is 17.2. The third-order valence-corrected chi connectivity index (χ3v) is 5.43. The molecule has 3 heterocycles. The van der Waals surface area contributed by atoms with E-state index in [0.717, 1.165) is 31.7 Å². The third-order valence-electron chi connectivity index (χ3n) is 5.43. The fourth-order valence-corrected chi connectivity index (χ4v) is 3.46. The molecule has 0 atom stereocenters. The Morgan fingerprint density at radius 1 is 1.25 bits per heavy atom. The second-order valence-corrected chi connectivity index (χ2v) is 7.83. The molecule has 1 N–H and O–H groups in total. The fraction of sp³-hybridized carbons (Fsp3) is 0.381. The Kier molecular flexibility index (Phi) is 4.77. The van der Waals surface area contributed by atoms with Crippen LogP contribution in [0.25, 0.3) is 11.2 Å². The lowest BCUT2D eigenvalue weighted by Crippen LogP contribution is -2.39. The minimum Gasteiger partial charge on any atom is -0.436 e. The summed E-state index contributed by atoms with van der Waals surface area (Å²) in [4.78, 5) is 49.7. The number of pyridine rings is 1. The summed E-state index contributed by atoms with van der Waals surface area (Å²) in [6.45, 7) is -0.226. The van der Waals surface area contributed by atoms with Crippen molar-refractivity contribution in [2.75, 3.05) is 18.6 Å². The van der Waals surface area contributed by atoms with Crippen molar-refractivity contribution in [3.05, 3.63) is 50.9 Å². The summed E-state index contributed by atoms with van der Waals surface area (Å²) in [5.41, 5.74) is 0.237. The molecule has 0 bridgehead atoms. The van der Waals surface area contributed by atoms with Crippen LogP contribution in [-0.2, 0) is 4.74 Å². The Hall–Kier alpha value is -3.94. The summed E-state index contributed by atoms with van der Waals surface area (Å²) in [5, 5.41) is 0. The molecule has 2 aliphatic rings. The van der Waals surface area contributed by atoms with Crippen molar-refractivity contribution in [3.8, 4) is 11.8 Å². The molecular weight excluding hydrogens is 419 g/mol. The number of hydrogen-bond donors (Lipinski definition) is 1. The maximum atomic E-state index is 12.9. The van der Waals surface area contributed by atoms with Crippen molar-refractivity contribution in [1.82, 2.24) is 24.1 Å². The number of fused-ring (bicyclic) bond motifs is 1. The standard InChI is InChI=1S/C21H19FN6O4/c1-26(14-8-9-15(22)23-11-14)21(31)32-10-2-3-16-24-17-18(25-16)27(12-4-5-12)20(30)28(19(17)29)13-6-7-13/h8-9,11-13H,4-7,10H2,1H3,(H,24,25). The topological polar surface area (TPSA) is 115 Å². The molecule has 2 aliphatic carbocycles. The lowest BCUT2D eigenvalue weighted by Gasteiger charge is -2.15. The fourth-order valence-electron chi connectivity index (χ4n) is 3.46. The largest absolute Gasteiger partial charge is 0.436 e. The van der Waals surface area contributed by atoms with E-state index in [4.69, 9.17) is 4.74 Å². The molecule has 1 amide bonds. The monoisotopic (exact) mass is 438 g/mol. The van der Waals surface area contributed by atoms with E-state index in [-0.39, 0.29) is 41.3 Å². The predicted octanol–water partition coefficient (Wildman–Crippen LogP) is 1.71. The summed E-state index contributed by atoms with van der Waals surface area (Å²) >= 11 is 0. The minimum atomic E-state index is -0.688. The van der Waals surface area contributed by atoms with Gasteiger partial charge in [0.25, 0.3) is 5.56 Å². The molecule has 2 fully saturated rings. The van der Waals surface area contributed by atoms with E-state index < -0.39 is 12.0 Å². The van der Waals surface area contributed by atoms with Crippen LogP contribution in [0.15, 0.2) is 27.9 Å². The van der Waals surface area contributed by atoms with Crippen LogP contribution in [0.5, 0.6) is 0 Å². The highest BCUT2D eigenvalue weighted by molar-refractivity contribution is 5.86. The second kappa shape index (κ2) is 7.64. The van der Waals surface area contributed by atoms with Crippen LogP contribution < -0.4 is 16.1 Å². The number of hydrogen-bond acceptors (Lipinski definition) is 6.